The minimum absolute atomic E-state index is 0.0736. The van der Waals surface area contributed by atoms with Crippen LogP contribution >= 0.6 is 0 Å². The number of benzene rings is 2. The van der Waals surface area contributed by atoms with E-state index in [1.165, 1.54) is 11.1 Å². The largest absolute Gasteiger partial charge is 0.466 e. The quantitative estimate of drug-likeness (QED) is 0.623. The molecule has 2 aromatic carbocycles. The monoisotopic (exact) mass is 339 g/mol. The molecule has 0 N–H and O–H groups in total. The van der Waals surface area contributed by atoms with Crippen LogP contribution in [0.25, 0.3) is 0 Å². The van der Waals surface area contributed by atoms with Crippen molar-refractivity contribution in [2.24, 2.45) is 0 Å². The van der Waals surface area contributed by atoms with Crippen LogP contribution in [0.5, 0.6) is 0 Å². The minimum atomic E-state index is -0.138. The SMILES string of the molecule is CCOC(=O)C[C@@H](C)N([C@H](C)c1ccccc1)[C@H](C)c1ccccc1. The zero-order valence-electron chi connectivity index (χ0n) is 15.7. The van der Waals surface area contributed by atoms with E-state index in [1.807, 2.05) is 19.1 Å². The van der Waals surface area contributed by atoms with Crippen LogP contribution in [0, 0.1) is 0 Å². The predicted molar refractivity (Wildman–Crippen MR) is 102 cm³/mol. The van der Waals surface area contributed by atoms with Gasteiger partial charge in [0.25, 0.3) is 0 Å². The van der Waals surface area contributed by atoms with Crippen molar-refractivity contribution in [1.82, 2.24) is 4.90 Å². The van der Waals surface area contributed by atoms with Crippen LogP contribution in [0.2, 0.25) is 0 Å². The van der Waals surface area contributed by atoms with Gasteiger partial charge in [-0.3, -0.25) is 9.69 Å². The molecule has 0 amide bonds. The molecule has 0 aliphatic carbocycles. The summed E-state index contributed by atoms with van der Waals surface area (Å²) in [6, 6.07) is 21.4. The van der Waals surface area contributed by atoms with Crippen LogP contribution < -0.4 is 0 Å². The highest BCUT2D eigenvalue weighted by atomic mass is 16.5. The van der Waals surface area contributed by atoms with Gasteiger partial charge in [0.15, 0.2) is 0 Å². The normalized spacial score (nSPS) is 14.8. The Morgan fingerprint density at radius 1 is 0.880 bits per heavy atom. The smallest absolute Gasteiger partial charge is 0.307 e. The van der Waals surface area contributed by atoms with Crippen LogP contribution in [0.4, 0.5) is 0 Å². The molecule has 0 aliphatic rings. The first kappa shape index (κ1) is 19.2. The van der Waals surface area contributed by atoms with Crippen molar-refractivity contribution >= 4 is 5.97 Å². The van der Waals surface area contributed by atoms with Gasteiger partial charge in [-0.05, 0) is 38.8 Å². The van der Waals surface area contributed by atoms with Gasteiger partial charge in [-0.15, -0.1) is 0 Å². The molecule has 3 nitrogen and oxygen atoms in total. The predicted octanol–water partition coefficient (Wildman–Crippen LogP) is 5.15. The number of carbonyl (C=O) groups excluding carboxylic acids is 1. The van der Waals surface area contributed by atoms with E-state index in [9.17, 15) is 4.79 Å². The highest BCUT2D eigenvalue weighted by Crippen LogP contribution is 2.33. The van der Waals surface area contributed by atoms with Gasteiger partial charge < -0.3 is 4.74 Å². The molecule has 0 aromatic heterocycles. The van der Waals surface area contributed by atoms with Crippen molar-refractivity contribution in [2.75, 3.05) is 6.61 Å². The van der Waals surface area contributed by atoms with E-state index < -0.39 is 0 Å². The Morgan fingerprint density at radius 3 is 1.72 bits per heavy atom. The highest BCUT2D eigenvalue weighted by Gasteiger charge is 2.29. The molecular formula is C22H29NO2. The number of hydrogen-bond donors (Lipinski definition) is 0. The maximum Gasteiger partial charge on any atom is 0.307 e. The fourth-order valence-electron chi connectivity index (χ4n) is 3.47. The maximum atomic E-state index is 12.0. The molecule has 134 valence electrons. The highest BCUT2D eigenvalue weighted by molar-refractivity contribution is 5.70. The van der Waals surface area contributed by atoms with E-state index in [1.54, 1.807) is 0 Å². The number of nitrogens with zero attached hydrogens (tertiary/aromatic N) is 1. The summed E-state index contributed by atoms with van der Waals surface area (Å²) in [4.78, 5) is 14.4. The number of carbonyl (C=O) groups is 1. The topological polar surface area (TPSA) is 29.5 Å². The third-order valence-electron chi connectivity index (χ3n) is 4.73. The third-order valence-corrected chi connectivity index (χ3v) is 4.73. The number of rotatable bonds is 8. The lowest BCUT2D eigenvalue weighted by Crippen LogP contribution is -2.39. The van der Waals surface area contributed by atoms with Gasteiger partial charge in [0, 0.05) is 18.1 Å². The van der Waals surface area contributed by atoms with E-state index in [-0.39, 0.29) is 24.1 Å². The van der Waals surface area contributed by atoms with Crippen molar-refractivity contribution in [3.8, 4) is 0 Å². The summed E-state index contributed by atoms with van der Waals surface area (Å²) in [6.07, 6.45) is 0.391. The lowest BCUT2D eigenvalue weighted by Gasteiger charge is -2.39. The second-order valence-corrected chi connectivity index (χ2v) is 6.48. The second kappa shape index (κ2) is 9.38. The molecule has 0 heterocycles. The summed E-state index contributed by atoms with van der Waals surface area (Å²) in [7, 11) is 0. The van der Waals surface area contributed by atoms with Crippen LogP contribution in [0.3, 0.4) is 0 Å². The molecule has 0 saturated heterocycles. The molecule has 2 aromatic rings. The van der Waals surface area contributed by atoms with Gasteiger partial charge in [-0.25, -0.2) is 0 Å². The third kappa shape index (κ3) is 5.17. The maximum absolute atomic E-state index is 12.0. The molecule has 3 atom stereocenters. The molecule has 2 rings (SSSR count). The van der Waals surface area contributed by atoms with Gasteiger partial charge in [0.05, 0.1) is 13.0 Å². The number of hydrogen-bond acceptors (Lipinski definition) is 3. The Bertz CT molecular complexity index is 596. The van der Waals surface area contributed by atoms with Crippen LogP contribution in [-0.4, -0.2) is 23.5 Å². The van der Waals surface area contributed by atoms with Gasteiger partial charge in [-0.2, -0.15) is 0 Å². The first-order valence-electron chi connectivity index (χ1n) is 9.07. The van der Waals surface area contributed by atoms with Crippen LogP contribution in [0.1, 0.15) is 57.3 Å². The lowest BCUT2D eigenvalue weighted by atomic mass is 9.98. The van der Waals surface area contributed by atoms with E-state index in [4.69, 9.17) is 4.74 Å². The van der Waals surface area contributed by atoms with E-state index >= 15 is 0 Å². The summed E-state index contributed by atoms with van der Waals surface area (Å²) in [6.45, 7) is 8.79. The second-order valence-electron chi connectivity index (χ2n) is 6.48. The molecular weight excluding hydrogens is 310 g/mol. The molecule has 0 aliphatic heterocycles. The molecule has 0 fully saturated rings. The van der Waals surface area contributed by atoms with E-state index in [2.05, 4.69) is 74.2 Å². The average Bonchev–Trinajstić information content (AvgIpc) is 2.63. The standard InChI is InChI=1S/C22H29NO2/c1-5-25-22(24)16-17(2)23(18(3)20-12-8-6-9-13-20)19(4)21-14-10-7-11-15-21/h6-15,17-19H,5,16H2,1-4H3/t17-,18-,19-/m1/s1. The Kier molecular flexibility index (Phi) is 7.20. The van der Waals surface area contributed by atoms with E-state index in [0.29, 0.717) is 13.0 Å². The zero-order chi connectivity index (χ0) is 18.2. The van der Waals surface area contributed by atoms with Crippen molar-refractivity contribution in [1.29, 1.82) is 0 Å². The van der Waals surface area contributed by atoms with Crippen molar-refractivity contribution in [2.45, 2.75) is 52.2 Å². The van der Waals surface area contributed by atoms with Gasteiger partial charge in [0.2, 0.25) is 0 Å². The first-order valence-corrected chi connectivity index (χ1v) is 9.07. The minimum Gasteiger partial charge on any atom is -0.466 e. The Morgan fingerprint density at radius 2 is 1.32 bits per heavy atom. The summed E-state index contributed by atoms with van der Waals surface area (Å²) in [5.74, 6) is -0.138. The molecule has 0 saturated carbocycles. The Balaban J connectivity index is 2.28. The van der Waals surface area contributed by atoms with Gasteiger partial charge in [-0.1, -0.05) is 60.7 Å². The van der Waals surface area contributed by atoms with Crippen LogP contribution in [0.15, 0.2) is 60.7 Å². The molecule has 0 unspecified atom stereocenters. The first-order chi connectivity index (χ1) is 12.0. The molecule has 0 spiro atoms. The molecule has 0 bridgehead atoms. The van der Waals surface area contributed by atoms with Crippen molar-refractivity contribution in [3.05, 3.63) is 71.8 Å². The summed E-state index contributed by atoms with van der Waals surface area (Å²) in [5.41, 5.74) is 2.50. The van der Waals surface area contributed by atoms with E-state index in [0.717, 1.165) is 0 Å². The zero-order valence-corrected chi connectivity index (χ0v) is 15.7. The summed E-state index contributed by atoms with van der Waals surface area (Å²) < 4.78 is 5.17. The van der Waals surface area contributed by atoms with Crippen molar-refractivity contribution < 1.29 is 9.53 Å². The van der Waals surface area contributed by atoms with Crippen LogP contribution in [-0.2, 0) is 9.53 Å². The lowest BCUT2D eigenvalue weighted by molar-refractivity contribution is -0.144. The summed E-state index contributed by atoms with van der Waals surface area (Å²) >= 11 is 0. The Hall–Kier alpha value is -2.13. The average molecular weight is 339 g/mol. The van der Waals surface area contributed by atoms with Gasteiger partial charge >= 0.3 is 5.97 Å². The number of esters is 1. The van der Waals surface area contributed by atoms with Crippen molar-refractivity contribution in [3.63, 3.8) is 0 Å². The summed E-state index contributed by atoms with van der Waals surface area (Å²) in [5, 5.41) is 0. The Labute approximate surface area is 151 Å². The fraction of sp³-hybridized carbons (Fsp3) is 0.409. The number of ether oxygens (including phenoxy) is 1. The van der Waals surface area contributed by atoms with Gasteiger partial charge in [0.1, 0.15) is 0 Å². The molecule has 0 radical (unpaired) electrons. The molecule has 25 heavy (non-hydrogen) atoms. The molecule has 3 heteroatoms. The fourth-order valence-corrected chi connectivity index (χ4v) is 3.47.